The molecule has 1 fully saturated rings. The standard InChI is InChI=1S/C13H22N2O3S/c1-10-4-3-5-11(8-10)15-9-12-6-7-13(18-12)19(16,17)14-2/h6-7,10-11,14-15H,3-5,8-9H2,1-2H3. The van der Waals surface area contributed by atoms with Gasteiger partial charge in [-0.3, -0.25) is 0 Å². The van der Waals surface area contributed by atoms with Crippen molar-refractivity contribution in [2.75, 3.05) is 7.05 Å². The second-order valence-corrected chi connectivity index (χ2v) is 7.10. The second-order valence-electron chi connectivity index (χ2n) is 5.28. The minimum Gasteiger partial charge on any atom is -0.447 e. The lowest BCUT2D eigenvalue weighted by atomic mass is 9.87. The second kappa shape index (κ2) is 6.07. The number of furan rings is 1. The van der Waals surface area contributed by atoms with E-state index in [2.05, 4.69) is 17.0 Å². The topological polar surface area (TPSA) is 71.3 Å². The molecule has 2 rings (SSSR count). The molecular formula is C13H22N2O3S. The summed E-state index contributed by atoms with van der Waals surface area (Å²) in [7, 11) is -2.10. The van der Waals surface area contributed by atoms with E-state index >= 15 is 0 Å². The summed E-state index contributed by atoms with van der Waals surface area (Å²) < 4.78 is 30.7. The van der Waals surface area contributed by atoms with Crippen molar-refractivity contribution in [2.45, 2.75) is 50.3 Å². The zero-order chi connectivity index (χ0) is 13.9. The van der Waals surface area contributed by atoms with Crippen molar-refractivity contribution in [3.8, 4) is 0 Å². The highest BCUT2D eigenvalue weighted by Crippen LogP contribution is 2.24. The molecule has 1 aromatic heterocycles. The van der Waals surface area contributed by atoms with Gasteiger partial charge in [-0.25, -0.2) is 13.1 Å². The Kier molecular flexibility index (Phi) is 4.65. The Morgan fingerprint density at radius 1 is 1.37 bits per heavy atom. The fourth-order valence-electron chi connectivity index (χ4n) is 2.56. The van der Waals surface area contributed by atoms with Gasteiger partial charge in [-0.2, -0.15) is 0 Å². The fraction of sp³-hybridized carbons (Fsp3) is 0.692. The van der Waals surface area contributed by atoms with Crippen molar-refractivity contribution >= 4 is 10.0 Å². The van der Waals surface area contributed by atoms with E-state index in [1.165, 1.54) is 38.8 Å². The molecule has 1 aromatic rings. The van der Waals surface area contributed by atoms with Gasteiger partial charge in [0.15, 0.2) is 0 Å². The number of hydrogen-bond donors (Lipinski definition) is 2. The van der Waals surface area contributed by atoms with E-state index in [9.17, 15) is 8.42 Å². The van der Waals surface area contributed by atoms with Crippen LogP contribution in [0.5, 0.6) is 0 Å². The molecule has 0 saturated heterocycles. The first-order valence-electron chi connectivity index (χ1n) is 6.77. The van der Waals surface area contributed by atoms with E-state index in [0.717, 1.165) is 5.92 Å². The monoisotopic (exact) mass is 286 g/mol. The Morgan fingerprint density at radius 2 is 2.16 bits per heavy atom. The molecular weight excluding hydrogens is 264 g/mol. The van der Waals surface area contributed by atoms with E-state index in [1.54, 1.807) is 6.07 Å². The molecule has 0 amide bonds. The summed E-state index contributed by atoms with van der Waals surface area (Å²) in [5.74, 6) is 1.43. The molecule has 2 N–H and O–H groups in total. The smallest absolute Gasteiger partial charge is 0.273 e. The lowest BCUT2D eigenvalue weighted by molar-refractivity contribution is 0.290. The molecule has 108 valence electrons. The third kappa shape index (κ3) is 3.81. The van der Waals surface area contributed by atoms with Crippen LogP contribution in [0.3, 0.4) is 0 Å². The molecule has 2 atom stereocenters. The molecule has 1 heterocycles. The van der Waals surface area contributed by atoms with Gasteiger partial charge in [-0.1, -0.05) is 19.8 Å². The van der Waals surface area contributed by atoms with Crippen molar-refractivity contribution in [3.05, 3.63) is 17.9 Å². The highest BCUT2D eigenvalue weighted by Gasteiger charge is 2.20. The first-order valence-corrected chi connectivity index (χ1v) is 8.25. The summed E-state index contributed by atoms with van der Waals surface area (Å²) in [5, 5.41) is 3.42. The molecule has 0 bridgehead atoms. The first kappa shape index (κ1) is 14.6. The normalized spacial score (nSPS) is 24.5. The molecule has 5 nitrogen and oxygen atoms in total. The fourth-order valence-corrected chi connectivity index (χ4v) is 3.23. The van der Waals surface area contributed by atoms with Gasteiger partial charge in [-0.05, 0) is 37.9 Å². The van der Waals surface area contributed by atoms with Gasteiger partial charge in [0.25, 0.3) is 10.0 Å². The Balaban J connectivity index is 1.90. The highest BCUT2D eigenvalue weighted by molar-refractivity contribution is 7.89. The Labute approximate surface area is 114 Å². The van der Waals surface area contributed by atoms with Crippen molar-refractivity contribution in [3.63, 3.8) is 0 Å². The predicted octanol–water partition coefficient (Wildman–Crippen LogP) is 1.86. The number of hydrogen-bond acceptors (Lipinski definition) is 4. The van der Waals surface area contributed by atoms with Gasteiger partial charge in [0.1, 0.15) is 5.76 Å². The zero-order valence-corrected chi connectivity index (χ0v) is 12.3. The molecule has 2 unspecified atom stereocenters. The third-order valence-corrected chi connectivity index (χ3v) is 4.96. The number of nitrogens with one attached hydrogen (secondary N) is 2. The highest BCUT2D eigenvalue weighted by atomic mass is 32.2. The van der Waals surface area contributed by atoms with Crippen LogP contribution in [-0.4, -0.2) is 21.5 Å². The van der Waals surface area contributed by atoms with Crippen molar-refractivity contribution in [1.29, 1.82) is 0 Å². The van der Waals surface area contributed by atoms with Gasteiger partial charge in [0.2, 0.25) is 5.09 Å². The lowest BCUT2D eigenvalue weighted by Gasteiger charge is -2.27. The van der Waals surface area contributed by atoms with E-state index < -0.39 is 10.0 Å². The average molecular weight is 286 g/mol. The van der Waals surface area contributed by atoms with Gasteiger partial charge >= 0.3 is 0 Å². The van der Waals surface area contributed by atoms with Crippen LogP contribution in [0.1, 0.15) is 38.4 Å². The summed E-state index contributed by atoms with van der Waals surface area (Å²) in [5.41, 5.74) is 0. The Bertz CT molecular complexity index is 510. The number of sulfonamides is 1. The summed E-state index contributed by atoms with van der Waals surface area (Å²) in [6.45, 7) is 2.86. The maximum atomic E-state index is 11.5. The van der Waals surface area contributed by atoms with Crippen LogP contribution in [-0.2, 0) is 16.6 Å². The molecule has 19 heavy (non-hydrogen) atoms. The lowest BCUT2D eigenvalue weighted by Crippen LogP contribution is -2.32. The SMILES string of the molecule is CNS(=O)(=O)c1ccc(CNC2CCCC(C)C2)o1. The van der Waals surface area contributed by atoms with Crippen LogP contribution in [0, 0.1) is 5.92 Å². The van der Waals surface area contributed by atoms with Crippen molar-refractivity contribution < 1.29 is 12.8 Å². The van der Waals surface area contributed by atoms with E-state index in [0.29, 0.717) is 18.3 Å². The summed E-state index contributed by atoms with van der Waals surface area (Å²) in [4.78, 5) is 0. The first-order chi connectivity index (χ1) is 9.01. The van der Waals surface area contributed by atoms with E-state index in [4.69, 9.17) is 4.42 Å². The van der Waals surface area contributed by atoms with Gasteiger partial charge < -0.3 is 9.73 Å². The number of rotatable bonds is 5. The van der Waals surface area contributed by atoms with Crippen LogP contribution in [0.15, 0.2) is 21.6 Å². The molecule has 0 radical (unpaired) electrons. The molecule has 6 heteroatoms. The molecule has 0 aromatic carbocycles. The quantitative estimate of drug-likeness (QED) is 0.866. The maximum Gasteiger partial charge on any atom is 0.273 e. The van der Waals surface area contributed by atoms with Crippen LogP contribution in [0.25, 0.3) is 0 Å². The third-order valence-electron chi connectivity index (χ3n) is 3.67. The van der Waals surface area contributed by atoms with Crippen LogP contribution in [0.2, 0.25) is 0 Å². The molecule has 1 saturated carbocycles. The summed E-state index contributed by atoms with van der Waals surface area (Å²) >= 11 is 0. The zero-order valence-electron chi connectivity index (χ0n) is 11.5. The van der Waals surface area contributed by atoms with Crippen LogP contribution < -0.4 is 10.0 Å². The maximum absolute atomic E-state index is 11.5. The molecule has 0 aliphatic heterocycles. The van der Waals surface area contributed by atoms with E-state index in [1.807, 2.05) is 0 Å². The Hall–Kier alpha value is -0.850. The predicted molar refractivity (Wildman–Crippen MR) is 73.2 cm³/mol. The average Bonchev–Trinajstić information content (AvgIpc) is 2.86. The largest absolute Gasteiger partial charge is 0.447 e. The van der Waals surface area contributed by atoms with E-state index in [-0.39, 0.29) is 5.09 Å². The molecule has 0 spiro atoms. The van der Waals surface area contributed by atoms with Gasteiger partial charge in [0.05, 0.1) is 6.54 Å². The Morgan fingerprint density at radius 3 is 2.84 bits per heavy atom. The molecule has 1 aliphatic rings. The van der Waals surface area contributed by atoms with Gasteiger partial charge in [0, 0.05) is 6.04 Å². The van der Waals surface area contributed by atoms with Crippen molar-refractivity contribution in [2.24, 2.45) is 5.92 Å². The summed E-state index contributed by atoms with van der Waals surface area (Å²) in [6.07, 6.45) is 4.94. The van der Waals surface area contributed by atoms with Crippen LogP contribution >= 0.6 is 0 Å². The molecule has 1 aliphatic carbocycles. The van der Waals surface area contributed by atoms with Crippen LogP contribution in [0.4, 0.5) is 0 Å². The minimum atomic E-state index is -3.47. The minimum absolute atomic E-state index is 0.0242. The summed E-state index contributed by atoms with van der Waals surface area (Å²) in [6, 6.07) is 3.72. The van der Waals surface area contributed by atoms with Crippen molar-refractivity contribution in [1.82, 2.24) is 10.0 Å². The van der Waals surface area contributed by atoms with Gasteiger partial charge in [-0.15, -0.1) is 0 Å².